The second-order valence-electron chi connectivity index (χ2n) is 6.64. The number of aryl methyl sites for hydroxylation is 1. The van der Waals surface area contributed by atoms with Crippen LogP contribution < -0.4 is 5.32 Å². The molecule has 1 aliphatic rings. The third-order valence-corrected chi connectivity index (χ3v) is 4.73. The van der Waals surface area contributed by atoms with Crippen molar-refractivity contribution in [3.05, 3.63) is 70.8 Å². The van der Waals surface area contributed by atoms with Crippen molar-refractivity contribution >= 4 is 5.96 Å². The lowest BCUT2D eigenvalue weighted by Gasteiger charge is -2.35. The number of benzene rings is 2. The van der Waals surface area contributed by atoms with Gasteiger partial charge in [0.2, 0.25) is 0 Å². The van der Waals surface area contributed by atoms with Gasteiger partial charge in [0, 0.05) is 13.1 Å². The largest absolute Gasteiger partial charge is 0.370 e. The monoisotopic (exact) mass is 362 g/mol. The number of nitrogens with zero attached hydrogens (tertiary/aromatic N) is 3. The van der Waals surface area contributed by atoms with E-state index in [4.69, 9.17) is 15.0 Å². The normalized spacial score (nSPS) is 17.4. The van der Waals surface area contributed by atoms with Gasteiger partial charge in [-0.2, -0.15) is 5.26 Å². The number of aliphatic imine (C=N–C) groups is 1. The predicted octanol–water partition coefficient (Wildman–Crippen LogP) is 3.41. The van der Waals surface area contributed by atoms with E-state index < -0.39 is 0 Å². The number of morpholine rings is 1. The van der Waals surface area contributed by atoms with Crippen molar-refractivity contribution < 1.29 is 4.74 Å². The topological polar surface area (TPSA) is 60.7 Å². The molecule has 3 rings (SSSR count). The fraction of sp³-hybridized carbons (Fsp3) is 0.364. The third-order valence-electron chi connectivity index (χ3n) is 4.73. The molecule has 1 N–H and O–H groups in total. The number of ether oxygens (including phenoxy) is 1. The molecule has 27 heavy (non-hydrogen) atoms. The van der Waals surface area contributed by atoms with Crippen molar-refractivity contribution in [3.8, 4) is 6.07 Å². The first-order chi connectivity index (χ1) is 13.2. The van der Waals surface area contributed by atoms with Crippen LogP contribution >= 0.6 is 0 Å². The smallest absolute Gasteiger partial charge is 0.194 e. The highest BCUT2D eigenvalue weighted by molar-refractivity contribution is 5.80. The minimum atomic E-state index is 0.0544. The van der Waals surface area contributed by atoms with Crippen LogP contribution in [-0.4, -0.2) is 37.1 Å². The second kappa shape index (κ2) is 9.20. The Kier molecular flexibility index (Phi) is 6.45. The summed E-state index contributed by atoms with van der Waals surface area (Å²) in [6.45, 7) is 7.89. The van der Waals surface area contributed by atoms with Gasteiger partial charge in [-0.1, -0.05) is 36.4 Å². The van der Waals surface area contributed by atoms with Gasteiger partial charge in [-0.3, -0.25) is 0 Å². The lowest BCUT2D eigenvalue weighted by Crippen LogP contribution is -2.48. The zero-order valence-electron chi connectivity index (χ0n) is 16.0. The molecule has 1 unspecified atom stereocenters. The maximum absolute atomic E-state index is 8.92. The summed E-state index contributed by atoms with van der Waals surface area (Å²) in [5, 5.41) is 12.3. The fourth-order valence-electron chi connectivity index (χ4n) is 3.25. The van der Waals surface area contributed by atoms with Crippen LogP contribution in [0.4, 0.5) is 0 Å². The number of guanidine groups is 1. The van der Waals surface area contributed by atoms with Crippen molar-refractivity contribution in [2.45, 2.75) is 26.5 Å². The van der Waals surface area contributed by atoms with Gasteiger partial charge in [-0.05, 0) is 42.7 Å². The molecule has 2 aromatic carbocycles. The van der Waals surface area contributed by atoms with Crippen molar-refractivity contribution in [2.75, 3.05) is 26.2 Å². The second-order valence-corrected chi connectivity index (χ2v) is 6.64. The molecule has 5 nitrogen and oxygen atoms in total. The minimum absolute atomic E-state index is 0.0544. The SMILES string of the molecule is CCNC(=NCc1ccc(C#N)cc1)N1CCOC(c2ccccc2C)C1. The zero-order valence-corrected chi connectivity index (χ0v) is 16.0. The van der Waals surface area contributed by atoms with E-state index in [1.807, 2.05) is 24.3 Å². The van der Waals surface area contributed by atoms with Gasteiger partial charge in [0.1, 0.15) is 6.10 Å². The van der Waals surface area contributed by atoms with Crippen molar-refractivity contribution in [3.63, 3.8) is 0 Å². The number of rotatable bonds is 4. The first-order valence-electron chi connectivity index (χ1n) is 9.40. The summed E-state index contributed by atoms with van der Waals surface area (Å²) in [5.41, 5.74) is 4.26. The minimum Gasteiger partial charge on any atom is -0.370 e. The lowest BCUT2D eigenvalue weighted by atomic mass is 10.0. The first-order valence-corrected chi connectivity index (χ1v) is 9.40. The molecule has 0 saturated carbocycles. The molecule has 0 amide bonds. The molecule has 1 atom stereocenters. The summed E-state index contributed by atoms with van der Waals surface area (Å²) in [7, 11) is 0. The molecule has 1 aliphatic heterocycles. The number of hydrogen-bond donors (Lipinski definition) is 1. The van der Waals surface area contributed by atoms with Crippen LogP contribution in [0.25, 0.3) is 0 Å². The summed E-state index contributed by atoms with van der Waals surface area (Å²) in [4.78, 5) is 7.08. The lowest BCUT2D eigenvalue weighted by molar-refractivity contribution is -0.00834. The molecule has 1 heterocycles. The molecular weight excluding hydrogens is 336 g/mol. The third kappa shape index (κ3) is 4.87. The van der Waals surface area contributed by atoms with E-state index in [1.165, 1.54) is 11.1 Å². The Labute approximate surface area is 161 Å². The van der Waals surface area contributed by atoms with Gasteiger partial charge >= 0.3 is 0 Å². The summed E-state index contributed by atoms with van der Waals surface area (Å²) in [6.07, 6.45) is 0.0544. The molecule has 2 aromatic rings. The van der Waals surface area contributed by atoms with Crippen LogP contribution in [0.5, 0.6) is 0 Å². The average Bonchev–Trinajstić information content (AvgIpc) is 2.72. The Morgan fingerprint density at radius 2 is 2.04 bits per heavy atom. The molecule has 1 fully saturated rings. The van der Waals surface area contributed by atoms with E-state index in [2.05, 4.69) is 54.4 Å². The average molecular weight is 362 g/mol. The van der Waals surface area contributed by atoms with Gasteiger partial charge in [0.05, 0.1) is 31.3 Å². The quantitative estimate of drug-likeness (QED) is 0.669. The number of nitriles is 1. The van der Waals surface area contributed by atoms with Crippen molar-refractivity contribution in [2.24, 2.45) is 4.99 Å². The molecule has 0 aliphatic carbocycles. The highest BCUT2D eigenvalue weighted by atomic mass is 16.5. The van der Waals surface area contributed by atoms with Crippen LogP contribution in [0.15, 0.2) is 53.5 Å². The van der Waals surface area contributed by atoms with Crippen LogP contribution in [0.1, 0.15) is 35.3 Å². The van der Waals surface area contributed by atoms with Crippen molar-refractivity contribution in [1.82, 2.24) is 10.2 Å². The van der Waals surface area contributed by atoms with E-state index in [-0.39, 0.29) is 6.10 Å². The molecule has 5 heteroatoms. The van der Waals surface area contributed by atoms with E-state index in [0.29, 0.717) is 18.7 Å². The molecule has 0 aromatic heterocycles. The predicted molar refractivity (Wildman–Crippen MR) is 107 cm³/mol. The zero-order chi connectivity index (χ0) is 19.1. The Bertz CT molecular complexity index is 823. The summed E-state index contributed by atoms with van der Waals surface area (Å²) in [5.74, 6) is 0.906. The summed E-state index contributed by atoms with van der Waals surface area (Å²) in [6, 6.07) is 18.1. The Morgan fingerprint density at radius 1 is 1.26 bits per heavy atom. The van der Waals surface area contributed by atoms with Crippen molar-refractivity contribution in [1.29, 1.82) is 5.26 Å². The standard InChI is InChI=1S/C22H26N4O/c1-3-24-22(25-15-19-10-8-18(14-23)9-11-19)26-12-13-27-21(16-26)20-7-5-4-6-17(20)2/h4-11,21H,3,12-13,15-16H2,1-2H3,(H,24,25). The molecule has 1 saturated heterocycles. The maximum atomic E-state index is 8.92. The molecule has 140 valence electrons. The Balaban J connectivity index is 1.73. The van der Waals surface area contributed by atoms with E-state index >= 15 is 0 Å². The number of nitrogens with one attached hydrogen (secondary N) is 1. The van der Waals surface area contributed by atoms with Gasteiger partial charge in [-0.15, -0.1) is 0 Å². The summed E-state index contributed by atoms with van der Waals surface area (Å²) < 4.78 is 6.04. The Morgan fingerprint density at radius 3 is 2.74 bits per heavy atom. The van der Waals surface area contributed by atoms with Crippen LogP contribution in [-0.2, 0) is 11.3 Å². The maximum Gasteiger partial charge on any atom is 0.194 e. The van der Waals surface area contributed by atoms with Crippen LogP contribution in [0.3, 0.4) is 0 Å². The van der Waals surface area contributed by atoms with E-state index in [1.54, 1.807) is 0 Å². The molecular formula is C22H26N4O. The van der Waals surface area contributed by atoms with Gasteiger partial charge in [0.15, 0.2) is 5.96 Å². The summed E-state index contributed by atoms with van der Waals surface area (Å²) >= 11 is 0. The van der Waals surface area contributed by atoms with Gasteiger partial charge < -0.3 is 15.0 Å². The molecule has 0 bridgehead atoms. The highest BCUT2D eigenvalue weighted by Crippen LogP contribution is 2.25. The molecule has 0 spiro atoms. The number of hydrogen-bond acceptors (Lipinski definition) is 3. The highest BCUT2D eigenvalue weighted by Gasteiger charge is 2.25. The van der Waals surface area contributed by atoms with E-state index in [0.717, 1.165) is 31.2 Å². The van der Waals surface area contributed by atoms with Gasteiger partial charge in [-0.25, -0.2) is 4.99 Å². The van der Waals surface area contributed by atoms with Gasteiger partial charge in [0.25, 0.3) is 0 Å². The van der Waals surface area contributed by atoms with Crippen LogP contribution in [0, 0.1) is 18.3 Å². The first kappa shape index (κ1) is 18.9. The molecule has 0 radical (unpaired) electrons. The fourth-order valence-corrected chi connectivity index (χ4v) is 3.25. The Hall–Kier alpha value is -2.84. The van der Waals surface area contributed by atoms with E-state index in [9.17, 15) is 0 Å². The van der Waals surface area contributed by atoms with Crippen LogP contribution in [0.2, 0.25) is 0 Å².